The van der Waals surface area contributed by atoms with Gasteiger partial charge in [0.05, 0.1) is 11.5 Å². The molecule has 0 spiro atoms. The molecule has 1 aromatic carbocycles. The number of hydrogen-bond donors (Lipinski definition) is 2. The Morgan fingerprint density at radius 1 is 1.20 bits per heavy atom. The summed E-state index contributed by atoms with van der Waals surface area (Å²) in [5.74, 6) is -0.181. The van der Waals surface area contributed by atoms with E-state index in [4.69, 9.17) is 0 Å². The van der Waals surface area contributed by atoms with Gasteiger partial charge in [-0.05, 0) is 25.3 Å². The molecule has 1 aromatic rings. The van der Waals surface area contributed by atoms with Gasteiger partial charge in [0, 0.05) is 6.54 Å². The first kappa shape index (κ1) is 15.0. The van der Waals surface area contributed by atoms with Gasteiger partial charge in [0.15, 0.2) is 0 Å². The predicted molar refractivity (Wildman–Crippen MR) is 80.5 cm³/mol. The van der Waals surface area contributed by atoms with Crippen molar-refractivity contribution < 1.29 is 9.90 Å². The maximum absolute atomic E-state index is 12.2. The molecule has 1 atom stereocenters. The van der Waals surface area contributed by atoms with Crippen LogP contribution in [0.2, 0.25) is 0 Å². The third-order valence-electron chi connectivity index (χ3n) is 4.32. The maximum atomic E-state index is 12.2. The first-order valence-electron chi connectivity index (χ1n) is 7.66. The molecule has 0 saturated heterocycles. The fourth-order valence-corrected chi connectivity index (χ4v) is 2.86. The smallest absolute Gasteiger partial charge is 0.227 e. The molecule has 1 aliphatic carbocycles. The molecule has 1 amide bonds. The van der Waals surface area contributed by atoms with Gasteiger partial charge in [0.2, 0.25) is 5.91 Å². The summed E-state index contributed by atoms with van der Waals surface area (Å²) in [7, 11) is 0. The van der Waals surface area contributed by atoms with Crippen molar-refractivity contribution >= 4 is 5.91 Å². The lowest BCUT2D eigenvalue weighted by atomic mass is 9.93. The van der Waals surface area contributed by atoms with Gasteiger partial charge >= 0.3 is 0 Å². The van der Waals surface area contributed by atoms with Crippen LogP contribution in [0.5, 0.6) is 0 Å². The molecule has 0 aromatic heterocycles. The van der Waals surface area contributed by atoms with Crippen LogP contribution in [-0.4, -0.2) is 23.2 Å². The number of nitrogens with one attached hydrogen (secondary N) is 1. The van der Waals surface area contributed by atoms with E-state index in [1.807, 2.05) is 37.3 Å². The average Bonchev–Trinajstić information content (AvgIpc) is 2.70. The molecule has 0 aliphatic heterocycles. The van der Waals surface area contributed by atoms with Gasteiger partial charge < -0.3 is 10.4 Å². The Morgan fingerprint density at radius 2 is 1.80 bits per heavy atom. The molecule has 0 heterocycles. The fraction of sp³-hybridized carbons (Fsp3) is 0.588. The van der Waals surface area contributed by atoms with Crippen molar-refractivity contribution in [2.75, 3.05) is 6.54 Å². The van der Waals surface area contributed by atoms with E-state index in [2.05, 4.69) is 5.32 Å². The Balaban J connectivity index is 1.88. The normalized spacial score (nSPS) is 19.9. The average molecular weight is 275 g/mol. The Morgan fingerprint density at radius 3 is 2.40 bits per heavy atom. The van der Waals surface area contributed by atoms with Gasteiger partial charge in [0.1, 0.15) is 0 Å². The molecule has 0 bridgehead atoms. The molecule has 1 fully saturated rings. The van der Waals surface area contributed by atoms with Crippen LogP contribution in [0.1, 0.15) is 56.9 Å². The molecule has 3 nitrogen and oxygen atoms in total. The molecular weight excluding hydrogens is 250 g/mol. The van der Waals surface area contributed by atoms with E-state index in [-0.39, 0.29) is 11.8 Å². The van der Waals surface area contributed by atoms with E-state index < -0.39 is 5.60 Å². The number of amides is 1. The summed E-state index contributed by atoms with van der Waals surface area (Å²) in [6.07, 6.45) is 6.09. The highest BCUT2D eigenvalue weighted by Gasteiger charge is 2.29. The summed E-state index contributed by atoms with van der Waals surface area (Å²) < 4.78 is 0. The molecule has 1 aliphatic rings. The molecule has 3 heteroatoms. The highest BCUT2D eigenvalue weighted by molar-refractivity contribution is 5.83. The Labute approximate surface area is 121 Å². The van der Waals surface area contributed by atoms with E-state index in [9.17, 15) is 9.90 Å². The van der Waals surface area contributed by atoms with Crippen LogP contribution in [0.4, 0.5) is 0 Å². The zero-order valence-electron chi connectivity index (χ0n) is 12.3. The van der Waals surface area contributed by atoms with Crippen molar-refractivity contribution in [3.05, 3.63) is 35.9 Å². The van der Waals surface area contributed by atoms with E-state index in [0.717, 1.165) is 31.2 Å². The Kier molecular flexibility index (Phi) is 5.18. The van der Waals surface area contributed by atoms with Gasteiger partial charge in [-0.15, -0.1) is 0 Å². The molecule has 2 N–H and O–H groups in total. The Bertz CT molecular complexity index is 422. The minimum absolute atomic E-state index is 0.00567. The zero-order valence-corrected chi connectivity index (χ0v) is 12.3. The number of benzene rings is 1. The summed E-state index contributed by atoms with van der Waals surface area (Å²) in [5, 5.41) is 13.5. The third-order valence-corrected chi connectivity index (χ3v) is 4.32. The van der Waals surface area contributed by atoms with Crippen LogP contribution in [0.3, 0.4) is 0 Å². The summed E-state index contributed by atoms with van der Waals surface area (Å²) in [6.45, 7) is 2.28. The van der Waals surface area contributed by atoms with Crippen molar-refractivity contribution in [2.24, 2.45) is 0 Å². The van der Waals surface area contributed by atoms with E-state index >= 15 is 0 Å². The molecule has 110 valence electrons. The number of hydrogen-bond acceptors (Lipinski definition) is 2. The molecular formula is C17H25NO2. The van der Waals surface area contributed by atoms with E-state index in [1.165, 1.54) is 12.8 Å². The monoisotopic (exact) mass is 275 g/mol. The summed E-state index contributed by atoms with van der Waals surface area (Å²) in [6, 6.07) is 9.76. The van der Waals surface area contributed by atoms with Crippen molar-refractivity contribution in [3.8, 4) is 0 Å². The topological polar surface area (TPSA) is 49.3 Å². The van der Waals surface area contributed by atoms with E-state index in [1.54, 1.807) is 0 Å². The molecule has 20 heavy (non-hydrogen) atoms. The van der Waals surface area contributed by atoms with Crippen molar-refractivity contribution in [1.82, 2.24) is 5.32 Å². The predicted octanol–water partition coefficient (Wildman–Crippen LogP) is 2.99. The van der Waals surface area contributed by atoms with Crippen molar-refractivity contribution in [3.63, 3.8) is 0 Å². The number of carbonyl (C=O) groups is 1. The minimum atomic E-state index is -0.706. The van der Waals surface area contributed by atoms with Crippen LogP contribution in [0, 0.1) is 0 Å². The lowest BCUT2D eigenvalue weighted by Crippen LogP contribution is -2.43. The van der Waals surface area contributed by atoms with Crippen LogP contribution in [0.15, 0.2) is 30.3 Å². The van der Waals surface area contributed by atoms with Gasteiger partial charge in [0.25, 0.3) is 0 Å². The second kappa shape index (κ2) is 6.89. The van der Waals surface area contributed by atoms with Gasteiger partial charge in [-0.1, -0.05) is 56.0 Å². The van der Waals surface area contributed by atoms with Crippen LogP contribution in [0.25, 0.3) is 0 Å². The standard InChI is InChI=1S/C17H25NO2/c1-14(15-9-5-4-6-10-15)16(19)18-13-17(20)11-7-2-3-8-12-17/h4-6,9-10,14,20H,2-3,7-8,11-13H2,1H3,(H,18,19)/t14-/m1/s1. The number of carbonyl (C=O) groups excluding carboxylic acids is 1. The van der Waals surface area contributed by atoms with Crippen LogP contribution < -0.4 is 5.32 Å². The van der Waals surface area contributed by atoms with Crippen LogP contribution in [-0.2, 0) is 4.79 Å². The van der Waals surface area contributed by atoms with Crippen molar-refractivity contribution in [2.45, 2.75) is 57.0 Å². The van der Waals surface area contributed by atoms with E-state index in [0.29, 0.717) is 6.54 Å². The summed E-state index contributed by atoms with van der Waals surface area (Å²) in [4.78, 5) is 12.2. The first-order chi connectivity index (χ1) is 9.61. The maximum Gasteiger partial charge on any atom is 0.227 e. The number of rotatable bonds is 4. The molecule has 1 saturated carbocycles. The second-order valence-electron chi connectivity index (χ2n) is 5.99. The molecule has 0 unspecified atom stereocenters. The largest absolute Gasteiger partial charge is 0.388 e. The lowest BCUT2D eigenvalue weighted by molar-refractivity contribution is -0.123. The summed E-state index contributed by atoms with van der Waals surface area (Å²) in [5.41, 5.74) is 0.306. The molecule has 0 radical (unpaired) electrons. The Hall–Kier alpha value is -1.35. The van der Waals surface area contributed by atoms with Gasteiger partial charge in [-0.3, -0.25) is 4.79 Å². The zero-order chi connectivity index (χ0) is 14.4. The second-order valence-corrected chi connectivity index (χ2v) is 5.99. The highest BCUT2D eigenvalue weighted by Crippen LogP contribution is 2.26. The first-order valence-corrected chi connectivity index (χ1v) is 7.66. The fourth-order valence-electron chi connectivity index (χ4n) is 2.86. The SMILES string of the molecule is C[C@@H](C(=O)NCC1(O)CCCCCC1)c1ccccc1. The number of aliphatic hydroxyl groups is 1. The summed E-state index contributed by atoms with van der Waals surface area (Å²) >= 11 is 0. The van der Waals surface area contributed by atoms with Crippen molar-refractivity contribution in [1.29, 1.82) is 0 Å². The quantitative estimate of drug-likeness (QED) is 0.830. The lowest BCUT2D eigenvalue weighted by Gasteiger charge is -2.27. The van der Waals surface area contributed by atoms with Gasteiger partial charge in [-0.2, -0.15) is 0 Å². The minimum Gasteiger partial charge on any atom is -0.388 e. The third kappa shape index (κ3) is 4.07. The van der Waals surface area contributed by atoms with Crippen LogP contribution >= 0.6 is 0 Å². The highest BCUT2D eigenvalue weighted by atomic mass is 16.3. The molecule has 2 rings (SSSR count). The van der Waals surface area contributed by atoms with Gasteiger partial charge in [-0.25, -0.2) is 0 Å².